The Balaban J connectivity index is 2.02. The molecule has 0 unspecified atom stereocenters. The summed E-state index contributed by atoms with van der Waals surface area (Å²) in [5, 5.41) is 14.7. The standard InChI is InChI=1S/C15H13N3O4/c1-22-15(19)12-7-5-11(6-8-12)10-16-17-13-3-2-4-14(9-13)18(20)21/h2-10,17H,1H3/b16-10-. The van der Waals surface area contributed by atoms with E-state index < -0.39 is 10.9 Å². The first-order valence-corrected chi connectivity index (χ1v) is 6.32. The molecule has 1 N–H and O–H groups in total. The van der Waals surface area contributed by atoms with E-state index in [1.54, 1.807) is 42.6 Å². The first-order chi connectivity index (χ1) is 10.6. The fourth-order valence-electron chi connectivity index (χ4n) is 1.69. The third-order valence-electron chi connectivity index (χ3n) is 2.80. The molecule has 0 spiro atoms. The van der Waals surface area contributed by atoms with Crippen LogP contribution in [0.3, 0.4) is 0 Å². The van der Waals surface area contributed by atoms with Gasteiger partial charge in [-0.2, -0.15) is 5.10 Å². The lowest BCUT2D eigenvalue weighted by Gasteiger charge is -2.01. The summed E-state index contributed by atoms with van der Waals surface area (Å²) in [6, 6.07) is 12.7. The average molecular weight is 299 g/mol. The van der Waals surface area contributed by atoms with Crippen molar-refractivity contribution >= 4 is 23.6 Å². The zero-order chi connectivity index (χ0) is 15.9. The number of carbonyl (C=O) groups is 1. The lowest BCUT2D eigenvalue weighted by Crippen LogP contribution is -2.00. The van der Waals surface area contributed by atoms with E-state index in [0.717, 1.165) is 5.56 Å². The number of hydrazone groups is 1. The Kier molecular flexibility index (Phi) is 4.81. The van der Waals surface area contributed by atoms with E-state index in [1.807, 2.05) is 0 Å². The average Bonchev–Trinajstić information content (AvgIpc) is 2.55. The molecule has 0 radical (unpaired) electrons. The Morgan fingerprint density at radius 3 is 2.64 bits per heavy atom. The summed E-state index contributed by atoms with van der Waals surface area (Å²) in [4.78, 5) is 21.5. The van der Waals surface area contributed by atoms with E-state index in [4.69, 9.17) is 0 Å². The van der Waals surface area contributed by atoms with Crippen LogP contribution in [-0.4, -0.2) is 24.2 Å². The number of anilines is 1. The lowest BCUT2D eigenvalue weighted by molar-refractivity contribution is -0.384. The van der Waals surface area contributed by atoms with Gasteiger partial charge in [-0.1, -0.05) is 18.2 Å². The fourth-order valence-corrected chi connectivity index (χ4v) is 1.69. The molecule has 22 heavy (non-hydrogen) atoms. The Bertz CT molecular complexity index is 711. The zero-order valence-electron chi connectivity index (χ0n) is 11.7. The lowest BCUT2D eigenvalue weighted by atomic mass is 10.1. The second kappa shape index (κ2) is 6.98. The van der Waals surface area contributed by atoms with Gasteiger partial charge in [0.1, 0.15) is 0 Å². The molecular weight excluding hydrogens is 286 g/mol. The van der Waals surface area contributed by atoms with Crippen molar-refractivity contribution in [1.29, 1.82) is 0 Å². The molecule has 0 aliphatic heterocycles. The number of benzene rings is 2. The van der Waals surface area contributed by atoms with Crippen molar-refractivity contribution in [1.82, 2.24) is 0 Å². The van der Waals surface area contributed by atoms with Gasteiger partial charge in [0, 0.05) is 12.1 Å². The van der Waals surface area contributed by atoms with Crippen LogP contribution < -0.4 is 5.43 Å². The molecular formula is C15H13N3O4. The number of ether oxygens (including phenoxy) is 1. The van der Waals surface area contributed by atoms with Crippen molar-refractivity contribution < 1.29 is 14.5 Å². The van der Waals surface area contributed by atoms with Gasteiger partial charge in [0.2, 0.25) is 0 Å². The van der Waals surface area contributed by atoms with Gasteiger partial charge in [0.05, 0.1) is 29.5 Å². The molecule has 0 fully saturated rings. The molecule has 0 aromatic heterocycles. The van der Waals surface area contributed by atoms with Gasteiger partial charge in [0.15, 0.2) is 0 Å². The monoisotopic (exact) mass is 299 g/mol. The summed E-state index contributed by atoms with van der Waals surface area (Å²) >= 11 is 0. The summed E-state index contributed by atoms with van der Waals surface area (Å²) in [6.07, 6.45) is 1.54. The molecule has 0 atom stereocenters. The number of methoxy groups -OCH3 is 1. The maximum atomic E-state index is 11.3. The number of rotatable bonds is 5. The molecule has 0 saturated heterocycles. The normalized spacial score (nSPS) is 10.4. The molecule has 0 aliphatic carbocycles. The van der Waals surface area contributed by atoms with Crippen LogP contribution in [0.5, 0.6) is 0 Å². The highest BCUT2D eigenvalue weighted by Gasteiger charge is 2.05. The molecule has 0 saturated carbocycles. The van der Waals surface area contributed by atoms with Gasteiger partial charge in [-0.15, -0.1) is 0 Å². The number of nitro groups is 1. The minimum absolute atomic E-state index is 0.0115. The maximum absolute atomic E-state index is 11.3. The molecule has 0 aliphatic rings. The summed E-state index contributed by atoms with van der Waals surface area (Å²) in [7, 11) is 1.32. The molecule has 0 heterocycles. The number of nitrogens with one attached hydrogen (secondary N) is 1. The molecule has 7 nitrogen and oxygen atoms in total. The van der Waals surface area contributed by atoms with Crippen LogP contribution in [0.15, 0.2) is 53.6 Å². The molecule has 2 rings (SSSR count). The molecule has 0 amide bonds. The number of nitrogens with zero attached hydrogens (tertiary/aromatic N) is 2. The van der Waals surface area contributed by atoms with Crippen molar-refractivity contribution in [3.8, 4) is 0 Å². The highest BCUT2D eigenvalue weighted by Crippen LogP contribution is 2.16. The summed E-state index contributed by atoms with van der Waals surface area (Å²) in [5.41, 5.74) is 4.43. The Hall–Kier alpha value is -3.22. The number of esters is 1. The topological polar surface area (TPSA) is 93.8 Å². The smallest absolute Gasteiger partial charge is 0.337 e. The predicted molar refractivity (Wildman–Crippen MR) is 82.1 cm³/mol. The summed E-state index contributed by atoms with van der Waals surface area (Å²) in [5.74, 6) is -0.404. The van der Waals surface area contributed by atoms with Gasteiger partial charge < -0.3 is 4.74 Å². The van der Waals surface area contributed by atoms with Gasteiger partial charge in [-0.25, -0.2) is 4.79 Å². The predicted octanol–water partition coefficient (Wildman–Crippen LogP) is 2.83. The van der Waals surface area contributed by atoms with Crippen molar-refractivity contribution in [2.24, 2.45) is 5.10 Å². The van der Waals surface area contributed by atoms with Crippen LogP contribution in [0, 0.1) is 10.1 Å². The van der Waals surface area contributed by atoms with Crippen LogP contribution in [0.4, 0.5) is 11.4 Å². The number of carbonyl (C=O) groups excluding carboxylic acids is 1. The number of hydrogen-bond acceptors (Lipinski definition) is 6. The number of non-ortho nitro benzene ring substituents is 1. The fraction of sp³-hybridized carbons (Fsp3) is 0.0667. The SMILES string of the molecule is COC(=O)c1ccc(/C=N\Nc2cccc([N+](=O)[O-])c2)cc1. The van der Waals surface area contributed by atoms with E-state index in [1.165, 1.54) is 19.2 Å². The number of nitro benzene ring substituents is 1. The largest absolute Gasteiger partial charge is 0.465 e. The minimum atomic E-state index is -0.472. The van der Waals surface area contributed by atoms with Crippen LogP contribution in [0.25, 0.3) is 0 Å². The molecule has 2 aromatic rings. The van der Waals surface area contributed by atoms with Crippen molar-refractivity contribution in [3.63, 3.8) is 0 Å². The third kappa shape index (κ3) is 3.89. The Labute approximate surface area is 126 Å². The van der Waals surface area contributed by atoms with Crippen LogP contribution in [-0.2, 0) is 4.74 Å². The van der Waals surface area contributed by atoms with Crippen LogP contribution in [0.2, 0.25) is 0 Å². The molecule has 0 bridgehead atoms. The quantitative estimate of drug-likeness (QED) is 0.396. The van der Waals surface area contributed by atoms with Gasteiger partial charge in [0.25, 0.3) is 5.69 Å². The van der Waals surface area contributed by atoms with Crippen molar-refractivity contribution in [3.05, 3.63) is 69.8 Å². The van der Waals surface area contributed by atoms with Gasteiger partial charge in [-0.3, -0.25) is 15.5 Å². The first kappa shape index (κ1) is 15.2. The number of hydrogen-bond donors (Lipinski definition) is 1. The second-order valence-corrected chi connectivity index (χ2v) is 4.29. The van der Waals surface area contributed by atoms with E-state index >= 15 is 0 Å². The summed E-state index contributed by atoms with van der Waals surface area (Å²) < 4.78 is 4.61. The van der Waals surface area contributed by atoms with E-state index in [0.29, 0.717) is 11.3 Å². The molecule has 7 heteroatoms. The van der Waals surface area contributed by atoms with Crippen LogP contribution in [0.1, 0.15) is 15.9 Å². The van der Waals surface area contributed by atoms with Gasteiger partial charge in [-0.05, 0) is 23.8 Å². The minimum Gasteiger partial charge on any atom is -0.465 e. The Morgan fingerprint density at radius 1 is 1.27 bits per heavy atom. The van der Waals surface area contributed by atoms with Crippen molar-refractivity contribution in [2.75, 3.05) is 12.5 Å². The zero-order valence-corrected chi connectivity index (χ0v) is 11.7. The van der Waals surface area contributed by atoms with Crippen LogP contribution >= 0.6 is 0 Å². The first-order valence-electron chi connectivity index (χ1n) is 6.32. The molecule has 2 aromatic carbocycles. The van der Waals surface area contributed by atoms with E-state index in [2.05, 4.69) is 15.3 Å². The third-order valence-corrected chi connectivity index (χ3v) is 2.80. The van der Waals surface area contributed by atoms with Gasteiger partial charge >= 0.3 is 5.97 Å². The molecule has 112 valence electrons. The highest BCUT2D eigenvalue weighted by molar-refractivity contribution is 5.90. The van der Waals surface area contributed by atoms with Crippen molar-refractivity contribution in [2.45, 2.75) is 0 Å². The maximum Gasteiger partial charge on any atom is 0.337 e. The highest BCUT2D eigenvalue weighted by atomic mass is 16.6. The Morgan fingerprint density at radius 2 is 2.00 bits per heavy atom. The summed E-state index contributed by atoms with van der Waals surface area (Å²) in [6.45, 7) is 0. The van der Waals surface area contributed by atoms with E-state index in [-0.39, 0.29) is 5.69 Å². The van der Waals surface area contributed by atoms with E-state index in [9.17, 15) is 14.9 Å². The second-order valence-electron chi connectivity index (χ2n) is 4.29.